The van der Waals surface area contributed by atoms with Crippen molar-refractivity contribution in [2.75, 3.05) is 32.1 Å². The maximum atomic E-state index is 13.8. The molecule has 0 aliphatic carbocycles. The molecule has 1 fully saturated rings. The zero-order chi connectivity index (χ0) is 17.6. The molecule has 1 saturated heterocycles. The monoisotopic (exact) mass is 343 g/mol. The molecule has 1 aliphatic heterocycles. The Bertz CT molecular complexity index is 672. The molecule has 2 aromatic rings. The number of hydrogen-bond acceptors (Lipinski definition) is 4. The fourth-order valence-corrected chi connectivity index (χ4v) is 3.47. The number of halogens is 1. The number of benzene rings is 1. The van der Waals surface area contributed by atoms with Crippen molar-refractivity contribution in [3.05, 3.63) is 59.7 Å². The molecular weight excluding hydrogens is 317 g/mol. The Morgan fingerprint density at radius 3 is 2.56 bits per heavy atom. The molecule has 25 heavy (non-hydrogen) atoms. The lowest BCUT2D eigenvalue weighted by Crippen LogP contribution is -2.37. The van der Waals surface area contributed by atoms with Crippen LogP contribution in [0.15, 0.2) is 42.7 Å². The zero-order valence-electron chi connectivity index (χ0n) is 15.0. The van der Waals surface area contributed by atoms with Crippen molar-refractivity contribution in [3.63, 3.8) is 0 Å². The first-order valence-electron chi connectivity index (χ1n) is 8.79. The van der Waals surface area contributed by atoms with Gasteiger partial charge in [0, 0.05) is 51.4 Å². The van der Waals surface area contributed by atoms with Gasteiger partial charge in [0.25, 0.3) is 0 Å². The molecule has 0 amide bonds. The number of aromatic nitrogens is 1. The highest BCUT2D eigenvalue weighted by molar-refractivity contribution is 5.54. The minimum absolute atomic E-state index is 0.178. The summed E-state index contributed by atoms with van der Waals surface area (Å²) in [6.07, 6.45) is 5.97. The van der Waals surface area contributed by atoms with Gasteiger partial charge in [0.2, 0.25) is 0 Å². The van der Waals surface area contributed by atoms with E-state index in [2.05, 4.69) is 21.8 Å². The van der Waals surface area contributed by atoms with Gasteiger partial charge in [0.1, 0.15) is 5.82 Å². The average Bonchev–Trinajstić information content (AvgIpc) is 2.63. The fraction of sp³-hybridized carbons (Fsp3) is 0.450. The summed E-state index contributed by atoms with van der Waals surface area (Å²) in [4.78, 5) is 8.61. The van der Waals surface area contributed by atoms with E-state index in [4.69, 9.17) is 4.74 Å². The van der Waals surface area contributed by atoms with E-state index >= 15 is 0 Å². The molecule has 0 N–H and O–H groups in total. The highest BCUT2D eigenvalue weighted by Gasteiger charge is 2.21. The van der Waals surface area contributed by atoms with Gasteiger partial charge in [-0.15, -0.1) is 0 Å². The van der Waals surface area contributed by atoms with Gasteiger partial charge in [-0.3, -0.25) is 9.88 Å². The van der Waals surface area contributed by atoms with Crippen LogP contribution in [0.4, 0.5) is 10.1 Å². The molecule has 134 valence electrons. The minimum Gasteiger partial charge on any atom is -0.381 e. The van der Waals surface area contributed by atoms with Gasteiger partial charge in [-0.25, -0.2) is 4.39 Å². The Morgan fingerprint density at radius 2 is 1.88 bits per heavy atom. The predicted molar refractivity (Wildman–Crippen MR) is 98.1 cm³/mol. The first-order valence-corrected chi connectivity index (χ1v) is 8.79. The Balaban J connectivity index is 1.71. The third kappa shape index (κ3) is 4.77. The molecule has 0 radical (unpaired) electrons. The van der Waals surface area contributed by atoms with E-state index in [0.29, 0.717) is 12.6 Å². The Labute approximate surface area is 149 Å². The van der Waals surface area contributed by atoms with E-state index in [-0.39, 0.29) is 5.82 Å². The summed E-state index contributed by atoms with van der Waals surface area (Å²) in [7, 11) is 3.84. The standard InChI is InChI=1S/C20H26FN3O/c1-23(14-16-5-9-22-10-6-16)15-17-13-18(21)3-4-20(17)24-11-7-19(25-2)8-12-24/h3-6,9-10,13,19H,7-8,11-12,14-15H2,1-2H3. The molecule has 2 heterocycles. The predicted octanol–water partition coefficient (Wildman–Crippen LogP) is 3.47. The molecule has 3 rings (SSSR count). The van der Waals surface area contributed by atoms with Crippen molar-refractivity contribution in [1.82, 2.24) is 9.88 Å². The summed E-state index contributed by atoms with van der Waals surface area (Å²) in [6, 6.07) is 9.17. The van der Waals surface area contributed by atoms with Crippen LogP contribution in [-0.4, -0.2) is 43.2 Å². The second kappa shape index (κ2) is 8.41. The summed E-state index contributed by atoms with van der Waals surface area (Å²) in [6.45, 7) is 3.42. The quantitative estimate of drug-likeness (QED) is 0.803. The second-order valence-electron chi connectivity index (χ2n) is 6.72. The van der Waals surface area contributed by atoms with Crippen molar-refractivity contribution in [3.8, 4) is 0 Å². The summed E-state index contributed by atoms with van der Waals surface area (Å²) in [5.41, 5.74) is 3.38. The third-order valence-corrected chi connectivity index (χ3v) is 4.80. The molecule has 1 aromatic heterocycles. The molecular formula is C20H26FN3O. The molecule has 0 spiro atoms. The maximum absolute atomic E-state index is 13.8. The van der Waals surface area contributed by atoms with E-state index in [1.165, 1.54) is 5.56 Å². The van der Waals surface area contributed by atoms with Crippen LogP contribution >= 0.6 is 0 Å². The number of hydrogen-bond donors (Lipinski definition) is 0. The number of piperidine rings is 1. The lowest BCUT2D eigenvalue weighted by Gasteiger charge is -2.34. The molecule has 0 unspecified atom stereocenters. The highest BCUT2D eigenvalue weighted by atomic mass is 19.1. The van der Waals surface area contributed by atoms with E-state index in [1.54, 1.807) is 31.6 Å². The number of methoxy groups -OCH3 is 1. The van der Waals surface area contributed by atoms with Gasteiger partial charge in [-0.1, -0.05) is 0 Å². The third-order valence-electron chi connectivity index (χ3n) is 4.80. The number of anilines is 1. The van der Waals surface area contributed by atoms with E-state index in [1.807, 2.05) is 18.2 Å². The summed E-state index contributed by atoms with van der Waals surface area (Å²) < 4.78 is 19.3. The lowest BCUT2D eigenvalue weighted by molar-refractivity contribution is 0.0818. The van der Waals surface area contributed by atoms with Crippen molar-refractivity contribution in [2.45, 2.75) is 32.0 Å². The largest absolute Gasteiger partial charge is 0.381 e. The second-order valence-corrected chi connectivity index (χ2v) is 6.72. The van der Waals surface area contributed by atoms with Crippen molar-refractivity contribution in [2.24, 2.45) is 0 Å². The SMILES string of the molecule is COC1CCN(c2ccc(F)cc2CN(C)Cc2ccncc2)CC1. The maximum Gasteiger partial charge on any atom is 0.123 e. The molecule has 0 bridgehead atoms. The molecule has 4 nitrogen and oxygen atoms in total. The summed E-state index contributed by atoms with van der Waals surface area (Å²) in [5.74, 6) is -0.178. The molecule has 0 saturated carbocycles. The molecule has 1 aliphatic rings. The van der Waals surface area contributed by atoms with Gasteiger partial charge in [-0.05, 0) is 61.3 Å². The topological polar surface area (TPSA) is 28.6 Å². The van der Waals surface area contributed by atoms with Gasteiger partial charge in [0.05, 0.1) is 6.10 Å². The zero-order valence-corrected chi connectivity index (χ0v) is 15.0. The number of ether oxygens (including phenoxy) is 1. The number of pyridine rings is 1. The van der Waals surface area contributed by atoms with Crippen LogP contribution in [0.5, 0.6) is 0 Å². The normalized spacial score (nSPS) is 15.8. The highest BCUT2D eigenvalue weighted by Crippen LogP contribution is 2.27. The van der Waals surface area contributed by atoms with E-state index < -0.39 is 0 Å². The van der Waals surface area contributed by atoms with Crippen molar-refractivity contribution >= 4 is 5.69 Å². The van der Waals surface area contributed by atoms with Gasteiger partial charge in [-0.2, -0.15) is 0 Å². The van der Waals surface area contributed by atoms with Crippen LogP contribution in [0, 0.1) is 5.82 Å². The summed E-state index contributed by atoms with van der Waals surface area (Å²) >= 11 is 0. The van der Waals surface area contributed by atoms with E-state index in [9.17, 15) is 4.39 Å². The smallest absolute Gasteiger partial charge is 0.123 e. The van der Waals surface area contributed by atoms with Crippen molar-refractivity contribution in [1.29, 1.82) is 0 Å². The first kappa shape index (κ1) is 17.8. The Kier molecular flexibility index (Phi) is 6.00. The average molecular weight is 343 g/mol. The molecule has 0 atom stereocenters. The fourth-order valence-electron chi connectivity index (χ4n) is 3.47. The lowest BCUT2D eigenvalue weighted by atomic mass is 10.0. The van der Waals surface area contributed by atoms with Gasteiger partial charge in [0.15, 0.2) is 0 Å². The van der Waals surface area contributed by atoms with Crippen LogP contribution in [0.1, 0.15) is 24.0 Å². The van der Waals surface area contributed by atoms with Crippen LogP contribution in [0.25, 0.3) is 0 Å². The Hall–Kier alpha value is -1.98. The van der Waals surface area contributed by atoms with Crippen LogP contribution < -0.4 is 4.90 Å². The number of nitrogens with zero attached hydrogens (tertiary/aromatic N) is 3. The summed E-state index contributed by atoms with van der Waals surface area (Å²) in [5, 5.41) is 0. The van der Waals surface area contributed by atoms with Crippen LogP contribution in [0.3, 0.4) is 0 Å². The van der Waals surface area contributed by atoms with Gasteiger partial charge >= 0.3 is 0 Å². The molecule has 5 heteroatoms. The van der Waals surface area contributed by atoms with Crippen molar-refractivity contribution < 1.29 is 9.13 Å². The first-order chi connectivity index (χ1) is 12.2. The Morgan fingerprint density at radius 1 is 1.16 bits per heavy atom. The van der Waals surface area contributed by atoms with E-state index in [0.717, 1.165) is 43.7 Å². The van der Waals surface area contributed by atoms with Crippen LogP contribution in [-0.2, 0) is 17.8 Å². The van der Waals surface area contributed by atoms with Crippen LogP contribution in [0.2, 0.25) is 0 Å². The number of rotatable bonds is 6. The molecule has 1 aromatic carbocycles. The van der Waals surface area contributed by atoms with Gasteiger partial charge < -0.3 is 9.64 Å². The minimum atomic E-state index is -0.178.